The van der Waals surface area contributed by atoms with Gasteiger partial charge in [0.05, 0.1) is 10.8 Å². The molecule has 0 aromatic carbocycles. The third-order valence-corrected chi connectivity index (χ3v) is 3.02. The van der Waals surface area contributed by atoms with Gasteiger partial charge in [0, 0.05) is 6.54 Å². The van der Waals surface area contributed by atoms with Gasteiger partial charge in [-0.25, -0.2) is 4.98 Å². The van der Waals surface area contributed by atoms with Gasteiger partial charge in [-0.2, -0.15) is 0 Å². The molecular weight excluding hydrogens is 302 g/mol. The summed E-state index contributed by atoms with van der Waals surface area (Å²) in [6.07, 6.45) is 1.77. The smallest absolute Gasteiger partial charge is 0.306 e. The van der Waals surface area contributed by atoms with Gasteiger partial charge in [-0.1, -0.05) is 18.5 Å². The molecule has 0 saturated heterocycles. The van der Waals surface area contributed by atoms with Crippen LogP contribution >= 0.6 is 11.6 Å². The number of carboxylic acid groups (broad SMARTS) is 1. The minimum atomic E-state index is -0.905. The monoisotopic (exact) mass is 315 g/mol. The van der Waals surface area contributed by atoms with E-state index in [1.54, 1.807) is 6.92 Å². The molecule has 0 aliphatic heterocycles. The third kappa shape index (κ3) is 4.99. The number of nitrogens with one attached hydrogen (secondary N) is 1. The highest BCUT2D eigenvalue weighted by Gasteiger charge is 2.21. The summed E-state index contributed by atoms with van der Waals surface area (Å²) >= 11 is 5.62. The molecule has 0 saturated carbocycles. The second-order valence-electron chi connectivity index (χ2n) is 4.42. The van der Waals surface area contributed by atoms with Crippen molar-refractivity contribution in [2.24, 2.45) is 5.92 Å². The summed E-state index contributed by atoms with van der Waals surface area (Å²) in [5.74, 6) is -2.06. The summed E-state index contributed by atoms with van der Waals surface area (Å²) < 4.78 is 0. The highest BCUT2D eigenvalue weighted by molar-refractivity contribution is 6.29. The van der Waals surface area contributed by atoms with E-state index in [0.29, 0.717) is 12.8 Å². The molecule has 0 aliphatic rings. The number of nitro groups is 1. The summed E-state index contributed by atoms with van der Waals surface area (Å²) in [6.45, 7) is 1.78. The predicted molar refractivity (Wildman–Crippen MR) is 74.3 cm³/mol. The zero-order valence-corrected chi connectivity index (χ0v) is 12.0. The first kappa shape index (κ1) is 16.8. The van der Waals surface area contributed by atoms with Crippen LogP contribution in [0.2, 0.25) is 5.15 Å². The number of hydrogen-bond acceptors (Lipinski definition) is 5. The summed E-state index contributed by atoms with van der Waals surface area (Å²) in [4.78, 5) is 36.2. The fraction of sp³-hybridized carbons (Fsp3) is 0.417. The molecule has 0 bridgehead atoms. The van der Waals surface area contributed by atoms with Crippen molar-refractivity contribution >= 4 is 29.2 Å². The molecule has 0 aliphatic carbocycles. The normalized spacial score (nSPS) is 11.7. The Morgan fingerprint density at radius 2 is 2.24 bits per heavy atom. The first-order valence-corrected chi connectivity index (χ1v) is 6.51. The average Bonchev–Trinajstić information content (AvgIpc) is 2.42. The van der Waals surface area contributed by atoms with E-state index in [1.165, 1.54) is 0 Å². The molecule has 1 rings (SSSR count). The molecule has 114 valence electrons. The van der Waals surface area contributed by atoms with Gasteiger partial charge in [0.25, 0.3) is 11.6 Å². The van der Waals surface area contributed by atoms with Crippen LogP contribution in [0.3, 0.4) is 0 Å². The predicted octanol–water partition coefficient (Wildman–Crippen LogP) is 1.87. The lowest BCUT2D eigenvalue weighted by Crippen LogP contribution is -2.26. The fourth-order valence-electron chi connectivity index (χ4n) is 1.58. The average molecular weight is 316 g/mol. The number of carbonyl (C=O) groups is 2. The molecule has 0 fully saturated rings. The standard InChI is InChI=1S/C12H14ClN3O5/c1-7(12(18)19)3-2-4-14-11(17)8-5-10(13)15-6-9(8)16(20)21/h5-7H,2-4H2,1H3,(H,14,17)(H,18,19). The minimum Gasteiger partial charge on any atom is -0.481 e. The molecule has 8 nitrogen and oxygen atoms in total. The van der Waals surface area contributed by atoms with Crippen LogP contribution in [0.25, 0.3) is 0 Å². The maximum absolute atomic E-state index is 11.9. The lowest BCUT2D eigenvalue weighted by molar-refractivity contribution is -0.385. The number of aromatic nitrogens is 1. The fourth-order valence-corrected chi connectivity index (χ4v) is 1.74. The van der Waals surface area contributed by atoms with Crippen molar-refractivity contribution in [3.8, 4) is 0 Å². The zero-order chi connectivity index (χ0) is 16.0. The van der Waals surface area contributed by atoms with Gasteiger partial charge in [-0.05, 0) is 18.9 Å². The molecule has 2 N–H and O–H groups in total. The van der Waals surface area contributed by atoms with Gasteiger partial charge >= 0.3 is 5.97 Å². The Morgan fingerprint density at radius 3 is 2.81 bits per heavy atom. The van der Waals surface area contributed by atoms with Crippen LogP contribution in [0.4, 0.5) is 5.69 Å². The quantitative estimate of drug-likeness (QED) is 0.343. The third-order valence-electron chi connectivity index (χ3n) is 2.81. The molecule has 1 atom stereocenters. The van der Waals surface area contributed by atoms with Gasteiger partial charge in [0.1, 0.15) is 16.9 Å². The van der Waals surface area contributed by atoms with Crippen LogP contribution in [0, 0.1) is 16.0 Å². The zero-order valence-electron chi connectivity index (χ0n) is 11.2. The lowest BCUT2D eigenvalue weighted by Gasteiger charge is -2.08. The first-order valence-electron chi connectivity index (χ1n) is 6.14. The number of amides is 1. The molecule has 21 heavy (non-hydrogen) atoms. The van der Waals surface area contributed by atoms with Crippen LogP contribution < -0.4 is 5.32 Å². The maximum Gasteiger partial charge on any atom is 0.306 e. The maximum atomic E-state index is 11.9. The first-order chi connectivity index (χ1) is 9.82. The second-order valence-corrected chi connectivity index (χ2v) is 4.81. The highest BCUT2D eigenvalue weighted by atomic mass is 35.5. The number of pyridine rings is 1. The van der Waals surface area contributed by atoms with E-state index in [2.05, 4.69) is 10.3 Å². The molecular formula is C12H14ClN3O5. The van der Waals surface area contributed by atoms with Crippen molar-refractivity contribution in [2.75, 3.05) is 6.54 Å². The Labute approximate surface area is 125 Å². The van der Waals surface area contributed by atoms with Crippen molar-refractivity contribution in [2.45, 2.75) is 19.8 Å². The minimum absolute atomic E-state index is 0.0229. The van der Waals surface area contributed by atoms with E-state index in [0.717, 1.165) is 12.3 Å². The van der Waals surface area contributed by atoms with Crippen molar-refractivity contribution in [1.82, 2.24) is 10.3 Å². The topological polar surface area (TPSA) is 122 Å². The van der Waals surface area contributed by atoms with Gasteiger partial charge in [0.2, 0.25) is 0 Å². The van der Waals surface area contributed by atoms with E-state index >= 15 is 0 Å². The number of aliphatic carboxylic acids is 1. The van der Waals surface area contributed by atoms with Gasteiger partial charge in [-0.3, -0.25) is 19.7 Å². The molecule has 1 heterocycles. The molecule has 9 heteroatoms. The summed E-state index contributed by atoms with van der Waals surface area (Å²) in [7, 11) is 0. The Bertz CT molecular complexity index is 564. The highest BCUT2D eigenvalue weighted by Crippen LogP contribution is 2.20. The van der Waals surface area contributed by atoms with Crippen LogP contribution in [-0.2, 0) is 4.79 Å². The second kappa shape index (κ2) is 7.53. The molecule has 1 aromatic heterocycles. The van der Waals surface area contributed by atoms with Crippen LogP contribution in [0.15, 0.2) is 12.3 Å². The van der Waals surface area contributed by atoms with Crippen molar-refractivity contribution in [3.63, 3.8) is 0 Å². The van der Waals surface area contributed by atoms with Gasteiger partial charge < -0.3 is 10.4 Å². The number of carbonyl (C=O) groups excluding carboxylic acids is 1. The Kier molecular flexibility index (Phi) is 6.04. The van der Waals surface area contributed by atoms with Crippen molar-refractivity contribution in [1.29, 1.82) is 0 Å². The number of rotatable bonds is 7. The Balaban J connectivity index is 2.62. The van der Waals surface area contributed by atoms with Crippen molar-refractivity contribution in [3.05, 3.63) is 33.1 Å². The van der Waals surface area contributed by atoms with E-state index in [-0.39, 0.29) is 17.3 Å². The molecule has 0 spiro atoms. The van der Waals surface area contributed by atoms with Crippen LogP contribution in [-0.4, -0.2) is 33.4 Å². The van der Waals surface area contributed by atoms with E-state index in [1.807, 2.05) is 0 Å². The number of halogens is 1. The lowest BCUT2D eigenvalue weighted by atomic mass is 10.1. The number of carboxylic acids is 1. The Morgan fingerprint density at radius 1 is 1.57 bits per heavy atom. The summed E-state index contributed by atoms with van der Waals surface area (Å²) in [5, 5.41) is 22.0. The Hall–Kier alpha value is -2.22. The van der Waals surface area contributed by atoms with Crippen molar-refractivity contribution < 1.29 is 19.6 Å². The number of nitrogens with zero attached hydrogens (tertiary/aromatic N) is 2. The van der Waals surface area contributed by atoms with Gasteiger partial charge in [0.15, 0.2) is 0 Å². The van der Waals surface area contributed by atoms with Crippen LogP contribution in [0.1, 0.15) is 30.1 Å². The molecule has 1 aromatic rings. The van der Waals surface area contributed by atoms with E-state index in [4.69, 9.17) is 16.7 Å². The van der Waals surface area contributed by atoms with Gasteiger partial charge in [-0.15, -0.1) is 0 Å². The molecule has 0 radical (unpaired) electrons. The SMILES string of the molecule is CC(CCCNC(=O)c1cc(Cl)ncc1[N+](=O)[O-])C(=O)O. The van der Waals surface area contributed by atoms with E-state index in [9.17, 15) is 19.7 Å². The summed E-state index contributed by atoms with van der Waals surface area (Å²) in [6, 6.07) is 1.12. The largest absolute Gasteiger partial charge is 0.481 e. The molecule has 1 amide bonds. The van der Waals surface area contributed by atoms with E-state index < -0.39 is 28.4 Å². The summed E-state index contributed by atoms with van der Waals surface area (Å²) in [5.41, 5.74) is -0.609. The number of hydrogen-bond donors (Lipinski definition) is 2. The molecule has 1 unspecified atom stereocenters. The van der Waals surface area contributed by atoms with Crippen LogP contribution in [0.5, 0.6) is 0 Å².